The highest BCUT2D eigenvalue weighted by Crippen LogP contribution is 2.35. The van der Waals surface area contributed by atoms with Gasteiger partial charge in [-0.15, -0.1) is 5.10 Å². The molecule has 2 heterocycles. The molecule has 0 unspecified atom stereocenters. The molecule has 2 aliphatic rings. The molecule has 1 aliphatic heterocycles. The van der Waals surface area contributed by atoms with Crippen molar-refractivity contribution in [1.82, 2.24) is 15.1 Å². The van der Waals surface area contributed by atoms with Gasteiger partial charge in [-0.3, -0.25) is 4.90 Å². The molecule has 1 saturated carbocycles. The molecular weight excluding hydrogens is 238 g/mol. The molecule has 0 spiro atoms. The van der Waals surface area contributed by atoms with Crippen LogP contribution in [-0.4, -0.2) is 54.4 Å². The Morgan fingerprint density at radius 3 is 2.42 bits per heavy atom. The van der Waals surface area contributed by atoms with E-state index in [1.165, 1.54) is 25.0 Å². The van der Waals surface area contributed by atoms with E-state index >= 15 is 0 Å². The third-order valence-corrected chi connectivity index (χ3v) is 4.34. The van der Waals surface area contributed by atoms with Crippen LogP contribution in [0.25, 0.3) is 0 Å². The molecule has 2 N–H and O–H groups in total. The Hall–Kier alpha value is -1.20. The Morgan fingerprint density at radius 2 is 1.89 bits per heavy atom. The summed E-state index contributed by atoms with van der Waals surface area (Å²) in [4.78, 5) is 4.73. The molecule has 104 valence electrons. The molecule has 0 atom stereocenters. The van der Waals surface area contributed by atoms with Crippen molar-refractivity contribution in [2.75, 3.05) is 44.2 Å². The summed E-state index contributed by atoms with van der Waals surface area (Å²) in [5.74, 6) is 1.69. The average Bonchev–Trinajstić information content (AvgIpc) is 2.39. The summed E-state index contributed by atoms with van der Waals surface area (Å²) in [6.07, 6.45) is 3.91. The molecule has 1 aromatic heterocycles. The lowest BCUT2D eigenvalue weighted by Crippen LogP contribution is -2.48. The van der Waals surface area contributed by atoms with Crippen molar-refractivity contribution in [3.8, 4) is 0 Å². The van der Waals surface area contributed by atoms with E-state index in [-0.39, 0.29) is 0 Å². The predicted octanol–water partition coefficient (Wildman–Crippen LogP) is 0.825. The Labute approximate surface area is 114 Å². The van der Waals surface area contributed by atoms with Crippen molar-refractivity contribution in [2.45, 2.75) is 25.2 Å². The van der Waals surface area contributed by atoms with E-state index in [0.29, 0.717) is 5.92 Å². The summed E-state index contributed by atoms with van der Waals surface area (Å²) in [5, 5.41) is 8.81. The van der Waals surface area contributed by atoms with Gasteiger partial charge in [0.2, 0.25) is 0 Å². The van der Waals surface area contributed by atoms with Gasteiger partial charge in [0, 0.05) is 45.2 Å². The van der Waals surface area contributed by atoms with Gasteiger partial charge in [0.25, 0.3) is 0 Å². The Kier molecular flexibility index (Phi) is 3.94. The van der Waals surface area contributed by atoms with E-state index in [1.54, 1.807) is 0 Å². The van der Waals surface area contributed by atoms with Crippen LogP contribution in [0.3, 0.4) is 0 Å². The molecule has 2 fully saturated rings. The number of hydrogen-bond acceptors (Lipinski definition) is 5. The molecule has 0 radical (unpaired) electrons. The minimum atomic E-state index is 0.669. The lowest BCUT2D eigenvalue weighted by Gasteiger charge is -2.35. The molecule has 1 aromatic rings. The molecule has 1 saturated heterocycles. The monoisotopic (exact) mass is 261 g/mol. The average molecular weight is 261 g/mol. The Balaban J connectivity index is 1.57. The number of nitrogens with zero attached hydrogens (tertiary/aromatic N) is 4. The maximum absolute atomic E-state index is 5.59. The second-order valence-corrected chi connectivity index (χ2v) is 5.56. The first-order valence-corrected chi connectivity index (χ1v) is 7.38. The van der Waals surface area contributed by atoms with Crippen LogP contribution in [0.4, 0.5) is 5.82 Å². The lowest BCUT2D eigenvalue weighted by atomic mass is 9.83. The van der Waals surface area contributed by atoms with Gasteiger partial charge < -0.3 is 10.6 Å². The van der Waals surface area contributed by atoms with Crippen molar-refractivity contribution in [2.24, 2.45) is 5.73 Å². The first-order valence-electron chi connectivity index (χ1n) is 7.38. The van der Waals surface area contributed by atoms with E-state index in [1.807, 2.05) is 0 Å². The fourth-order valence-electron chi connectivity index (χ4n) is 2.81. The number of hydrogen-bond donors (Lipinski definition) is 1. The summed E-state index contributed by atoms with van der Waals surface area (Å²) in [7, 11) is 0. The van der Waals surface area contributed by atoms with E-state index in [0.717, 1.165) is 45.1 Å². The van der Waals surface area contributed by atoms with Gasteiger partial charge in [-0.2, -0.15) is 5.10 Å². The summed E-state index contributed by atoms with van der Waals surface area (Å²) < 4.78 is 0. The maximum Gasteiger partial charge on any atom is 0.151 e. The second kappa shape index (κ2) is 5.84. The Bertz CT molecular complexity index is 393. The molecule has 3 rings (SSSR count). The van der Waals surface area contributed by atoms with Gasteiger partial charge in [-0.25, -0.2) is 0 Å². The summed E-state index contributed by atoms with van der Waals surface area (Å²) in [5.41, 5.74) is 6.77. The molecule has 0 bridgehead atoms. The quantitative estimate of drug-likeness (QED) is 0.870. The summed E-state index contributed by atoms with van der Waals surface area (Å²) >= 11 is 0. The molecule has 0 amide bonds. The number of nitrogens with two attached hydrogens (primary N) is 1. The van der Waals surface area contributed by atoms with Crippen LogP contribution in [0.1, 0.15) is 30.9 Å². The number of rotatable bonds is 4. The summed E-state index contributed by atoms with van der Waals surface area (Å²) in [6, 6.07) is 4.30. The van der Waals surface area contributed by atoms with Crippen molar-refractivity contribution in [3.63, 3.8) is 0 Å². The van der Waals surface area contributed by atoms with Crippen LogP contribution in [0.5, 0.6) is 0 Å². The standard InChI is InChI=1S/C14H23N5/c15-6-7-18-8-10-19(11-9-18)14-5-4-13(16-17-14)12-2-1-3-12/h4-5,12H,1-3,6-11,15H2. The van der Waals surface area contributed by atoms with Crippen LogP contribution in [-0.2, 0) is 0 Å². The minimum absolute atomic E-state index is 0.669. The van der Waals surface area contributed by atoms with E-state index in [2.05, 4.69) is 32.1 Å². The van der Waals surface area contributed by atoms with Crippen molar-refractivity contribution in [3.05, 3.63) is 17.8 Å². The van der Waals surface area contributed by atoms with Crippen molar-refractivity contribution in [1.29, 1.82) is 0 Å². The predicted molar refractivity (Wildman–Crippen MR) is 76.3 cm³/mol. The minimum Gasteiger partial charge on any atom is -0.353 e. The third-order valence-electron chi connectivity index (χ3n) is 4.34. The zero-order chi connectivity index (χ0) is 13.1. The second-order valence-electron chi connectivity index (χ2n) is 5.56. The van der Waals surface area contributed by atoms with E-state index < -0.39 is 0 Å². The topological polar surface area (TPSA) is 58.3 Å². The normalized spacial score (nSPS) is 21.4. The van der Waals surface area contributed by atoms with Crippen LogP contribution in [0.15, 0.2) is 12.1 Å². The van der Waals surface area contributed by atoms with Crippen LogP contribution in [0.2, 0.25) is 0 Å². The maximum atomic E-state index is 5.59. The molecule has 1 aliphatic carbocycles. The molecule has 5 heteroatoms. The molecular formula is C14H23N5. The first kappa shape index (κ1) is 12.8. The highest BCUT2D eigenvalue weighted by molar-refractivity contribution is 5.38. The zero-order valence-corrected chi connectivity index (χ0v) is 11.5. The SMILES string of the molecule is NCCN1CCN(c2ccc(C3CCC3)nn2)CC1. The lowest BCUT2D eigenvalue weighted by molar-refractivity contribution is 0.264. The number of anilines is 1. The van der Waals surface area contributed by atoms with E-state index in [4.69, 9.17) is 5.73 Å². The van der Waals surface area contributed by atoms with Crippen molar-refractivity contribution >= 4 is 5.82 Å². The highest BCUT2D eigenvalue weighted by atomic mass is 15.3. The first-order chi connectivity index (χ1) is 9.36. The number of aromatic nitrogens is 2. The largest absolute Gasteiger partial charge is 0.353 e. The number of piperazine rings is 1. The Morgan fingerprint density at radius 1 is 1.11 bits per heavy atom. The van der Waals surface area contributed by atoms with Crippen LogP contribution in [0, 0.1) is 0 Å². The van der Waals surface area contributed by atoms with Gasteiger partial charge >= 0.3 is 0 Å². The van der Waals surface area contributed by atoms with Gasteiger partial charge in [0.05, 0.1) is 5.69 Å². The molecule has 19 heavy (non-hydrogen) atoms. The van der Waals surface area contributed by atoms with Gasteiger partial charge in [-0.1, -0.05) is 6.42 Å². The third kappa shape index (κ3) is 2.87. The van der Waals surface area contributed by atoms with Crippen molar-refractivity contribution < 1.29 is 0 Å². The van der Waals surface area contributed by atoms with Crippen LogP contribution >= 0.6 is 0 Å². The van der Waals surface area contributed by atoms with Gasteiger partial charge in [-0.05, 0) is 25.0 Å². The van der Waals surface area contributed by atoms with Gasteiger partial charge in [0.15, 0.2) is 5.82 Å². The highest BCUT2D eigenvalue weighted by Gasteiger charge is 2.22. The van der Waals surface area contributed by atoms with E-state index in [9.17, 15) is 0 Å². The van der Waals surface area contributed by atoms with Gasteiger partial charge in [0.1, 0.15) is 0 Å². The molecule has 5 nitrogen and oxygen atoms in total. The smallest absolute Gasteiger partial charge is 0.151 e. The van der Waals surface area contributed by atoms with Crippen LogP contribution < -0.4 is 10.6 Å². The molecule has 0 aromatic carbocycles. The summed E-state index contributed by atoms with van der Waals surface area (Å²) in [6.45, 7) is 5.94. The fraction of sp³-hybridized carbons (Fsp3) is 0.714. The fourth-order valence-corrected chi connectivity index (χ4v) is 2.81. The zero-order valence-electron chi connectivity index (χ0n) is 11.5.